The van der Waals surface area contributed by atoms with Crippen molar-refractivity contribution in [2.45, 2.75) is 6.18 Å². The van der Waals surface area contributed by atoms with Gasteiger partial charge in [0.2, 0.25) is 0 Å². The maximum absolute atomic E-state index is 12.5. The van der Waals surface area contributed by atoms with Crippen LogP contribution < -0.4 is 10.5 Å². The number of rotatable bonds is 5. The molecule has 2 nitrogen and oxygen atoms in total. The smallest absolute Gasteiger partial charge is 0.396 e. The summed E-state index contributed by atoms with van der Waals surface area (Å²) in [7, 11) is 0. The Bertz CT molecular complexity index is 552. The first-order chi connectivity index (χ1) is 10.0. The van der Waals surface area contributed by atoms with Gasteiger partial charge in [-0.05, 0) is 23.3 Å². The standard InChI is InChI=1S/C16H16F3NO/c17-16(18,19)14(10-20)11-21-15-8-6-13(7-9-15)12-4-2-1-3-5-12/h1-9,14H,10-11,20H2. The Morgan fingerprint density at radius 1 is 0.905 bits per heavy atom. The lowest BCUT2D eigenvalue weighted by Gasteiger charge is -2.18. The van der Waals surface area contributed by atoms with Gasteiger partial charge in [-0.3, -0.25) is 0 Å². The molecule has 2 N–H and O–H groups in total. The van der Waals surface area contributed by atoms with Gasteiger partial charge < -0.3 is 10.5 Å². The normalized spacial score (nSPS) is 13.0. The van der Waals surface area contributed by atoms with Crippen molar-refractivity contribution in [3.8, 4) is 16.9 Å². The molecular weight excluding hydrogens is 279 g/mol. The van der Waals surface area contributed by atoms with E-state index in [1.165, 1.54) is 0 Å². The maximum atomic E-state index is 12.5. The van der Waals surface area contributed by atoms with E-state index >= 15 is 0 Å². The van der Waals surface area contributed by atoms with Crippen molar-refractivity contribution in [3.05, 3.63) is 54.6 Å². The van der Waals surface area contributed by atoms with Gasteiger partial charge in [0.05, 0.1) is 0 Å². The summed E-state index contributed by atoms with van der Waals surface area (Å²) < 4.78 is 42.8. The highest BCUT2D eigenvalue weighted by molar-refractivity contribution is 5.63. The van der Waals surface area contributed by atoms with Gasteiger partial charge in [-0.1, -0.05) is 42.5 Å². The van der Waals surface area contributed by atoms with Crippen molar-refractivity contribution in [2.75, 3.05) is 13.2 Å². The van der Waals surface area contributed by atoms with Crippen molar-refractivity contribution in [2.24, 2.45) is 11.7 Å². The minimum atomic E-state index is -4.33. The predicted molar refractivity (Wildman–Crippen MR) is 76.0 cm³/mol. The summed E-state index contributed by atoms with van der Waals surface area (Å²) in [6, 6.07) is 16.6. The fourth-order valence-electron chi connectivity index (χ4n) is 1.87. The average Bonchev–Trinajstić information content (AvgIpc) is 2.48. The monoisotopic (exact) mass is 295 g/mol. The Morgan fingerprint density at radius 2 is 1.48 bits per heavy atom. The zero-order valence-electron chi connectivity index (χ0n) is 11.3. The van der Waals surface area contributed by atoms with Crippen LogP contribution in [-0.2, 0) is 0 Å². The van der Waals surface area contributed by atoms with Gasteiger partial charge in [0.1, 0.15) is 18.3 Å². The number of nitrogens with two attached hydrogens (primary N) is 1. The number of benzene rings is 2. The number of hydrogen-bond acceptors (Lipinski definition) is 2. The lowest BCUT2D eigenvalue weighted by atomic mass is 10.1. The topological polar surface area (TPSA) is 35.2 Å². The fraction of sp³-hybridized carbons (Fsp3) is 0.250. The molecule has 21 heavy (non-hydrogen) atoms. The molecule has 0 amide bonds. The van der Waals surface area contributed by atoms with Crippen LogP contribution in [0.25, 0.3) is 11.1 Å². The van der Waals surface area contributed by atoms with Crippen molar-refractivity contribution < 1.29 is 17.9 Å². The third-order valence-electron chi connectivity index (χ3n) is 3.16. The molecule has 0 bridgehead atoms. The maximum Gasteiger partial charge on any atom is 0.396 e. The van der Waals surface area contributed by atoms with E-state index in [4.69, 9.17) is 10.5 Å². The van der Waals surface area contributed by atoms with Crippen LogP contribution >= 0.6 is 0 Å². The number of ether oxygens (including phenoxy) is 1. The van der Waals surface area contributed by atoms with E-state index in [-0.39, 0.29) is 0 Å². The molecule has 0 radical (unpaired) electrons. The van der Waals surface area contributed by atoms with E-state index < -0.39 is 25.2 Å². The molecule has 0 heterocycles. The minimum absolute atomic E-state index is 0.400. The molecule has 0 fully saturated rings. The lowest BCUT2D eigenvalue weighted by molar-refractivity contribution is -0.178. The predicted octanol–water partition coefficient (Wildman–Crippen LogP) is 3.87. The molecule has 0 aliphatic heterocycles. The first-order valence-corrected chi connectivity index (χ1v) is 6.56. The number of hydrogen-bond donors (Lipinski definition) is 1. The van der Waals surface area contributed by atoms with E-state index in [2.05, 4.69) is 0 Å². The molecule has 0 saturated heterocycles. The summed E-state index contributed by atoms with van der Waals surface area (Å²) in [6.45, 7) is -0.948. The highest BCUT2D eigenvalue weighted by atomic mass is 19.4. The Balaban J connectivity index is 2.00. The molecule has 5 heteroatoms. The van der Waals surface area contributed by atoms with Crippen molar-refractivity contribution in [3.63, 3.8) is 0 Å². The van der Waals surface area contributed by atoms with Crippen molar-refractivity contribution in [1.82, 2.24) is 0 Å². The summed E-state index contributed by atoms with van der Waals surface area (Å²) in [6.07, 6.45) is -4.33. The van der Waals surface area contributed by atoms with Gasteiger partial charge in [0.25, 0.3) is 0 Å². The Hall–Kier alpha value is -2.01. The van der Waals surface area contributed by atoms with Gasteiger partial charge in [0.15, 0.2) is 0 Å². The molecular formula is C16H16F3NO. The van der Waals surface area contributed by atoms with E-state index in [9.17, 15) is 13.2 Å². The summed E-state index contributed by atoms with van der Waals surface area (Å²) in [5.74, 6) is -1.25. The zero-order chi connectivity index (χ0) is 15.3. The lowest BCUT2D eigenvalue weighted by Crippen LogP contribution is -2.35. The second kappa shape index (κ2) is 6.63. The van der Waals surface area contributed by atoms with Crippen LogP contribution in [0, 0.1) is 5.92 Å². The second-order valence-corrected chi connectivity index (χ2v) is 4.68. The molecule has 0 aliphatic carbocycles. The molecule has 0 aromatic heterocycles. The highest BCUT2D eigenvalue weighted by Gasteiger charge is 2.39. The number of halogens is 3. The van der Waals surface area contributed by atoms with Crippen LogP contribution in [0.3, 0.4) is 0 Å². The van der Waals surface area contributed by atoms with E-state index in [1.54, 1.807) is 12.1 Å². The second-order valence-electron chi connectivity index (χ2n) is 4.68. The Morgan fingerprint density at radius 3 is 2.00 bits per heavy atom. The summed E-state index contributed by atoms with van der Waals surface area (Å²) >= 11 is 0. The first-order valence-electron chi connectivity index (χ1n) is 6.56. The summed E-state index contributed by atoms with van der Waals surface area (Å²) in [5, 5.41) is 0. The molecule has 2 rings (SSSR count). The fourth-order valence-corrected chi connectivity index (χ4v) is 1.87. The van der Waals surface area contributed by atoms with Crippen LogP contribution in [0.1, 0.15) is 0 Å². The molecule has 0 spiro atoms. The summed E-state index contributed by atoms with van der Waals surface area (Å²) in [5.41, 5.74) is 7.14. The Kier molecular flexibility index (Phi) is 4.85. The van der Waals surface area contributed by atoms with E-state index in [0.29, 0.717) is 5.75 Å². The van der Waals surface area contributed by atoms with Crippen LogP contribution in [-0.4, -0.2) is 19.3 Å². The molecule has 2 aromatic carbocycles. The molecule has 0 aliphatic rings. The van der Waals surface area contributed by atoms with Gasteiger partial charge >= 0.3 is 6.18 Å². The zero-order valence-corrected chi connectivity index (χ0v) is 11.3. The van der Waals surface area contributed by atoms with Gasteiger partial charge in [0, 0.05) is 6.54 Å². The van der Waals surface area contributed by atoms with Crippen LogP contribution in [0.2, 0.25) is 0 Å². The molecule has 0 saturated carbocycles. The SMILES string of the molecule is NCC(COc1ccc(-c2ccccc2)cc1)C(F)(F)F. The van der Waals surface area contributed by atoms with Gasteiger partial charge in [-0.25, -0.2) is 0 Å². The Labute approximate surface area is 121 Å². The largest absolute Gasteiger partial charge is 0.493 e. The number of alkyl halides is 3. The molecule has 112 valence electrons. The van der Waals surface area contributed by atoms with Gasteiger partial charge in [-0.15, -0.1) is 0 Å². The average molecular weight is 295 g/mol. The third-order valence-corrected chi connectivity index (χ3v) is 3.16. The van der Waals surface area contributed by atoms with Gasteiger partial charge in [-0.2, -0.15) is 13.2 Å². The van der Waals surface area contributed by atoms with Crippen molar-refractivity contribution >= 4 is 0 Å². The highest BCUT2D eigenvalue weighted by Crippen LogP contribution is 2.27. The summed E-state index contributed by atoms with van der Waals surface area (Å²) in [4.78, 5) is 0. The quantitative estimate of drug-likeness (QED) is 0.908. The van der Waals surface area contributed by atoms with Crippen LogP contribution in [0.5, 0.6) is 5.75 Å². The molecule has 1 unspecified atom stereocenters. The van der Waals surface area contributed by atoms with Crippen LogP contribution in [0.4, 0.5) is 13.2 Å². The third kappa shape index (κ3) is 4.23. The molecule has 2 aromatic rings. The van der Waals surface area contributed by atoms with E-state index in [1.807, 2.05) is 42.5 Å². The molecule has 1 atom stereocenters. The minimum Gasteiger partial charge on any atom is -0.493 e. The van der Waals surface area contributed by atoms with E-state index in [0.717, 1.165) is 11.1 Å². The first kappa shape index (κ1) is 15.4. The van der Waals surface area contributed by atoms with Crippen LogP contribution in [0.15, 0.2) is 54.6 Å². The van der Waals surface area contributed by atoms with Crippen molar-refractivity contribution in [1.29, 1.82) is 0 Å².